The van der Waals surface area contributed by atoms with E-state index in [-0.39, 0.29) is 18.3 Å². The minimum absolute atomic E-state index is 0.112. The van der Waals surface area contributed by atoms with Gasteiger partial charge >= 0.3 is 5.97 Å². The zero-order valence-electron chi connectivity index (χ0n) is 8.01. The Morgan fingerprint density at radius 2 is 2.00 bits per heavy atom. The lowest BCUT2D eigenvalue weighted by Crippen LogP contribution is -2.25. The number of esters is 1. The van der Waals surface area contributed by atoms with Crippen LogP contribution in [-0.2, 0) is 14.3 Å². The molecule has 0 aromatic carbocycles. The van der Waals surface area contributed by atoms with Gasteiger partial charge in [0, 0.05) is 5.92 Å². The fourth-order valence-corrected chi connectivity index (χ4v) is 0.675. The van der Waals surface area contributed by atoms with Crippen LogP contribution in [0.2, 0.25) is 0 Å². The van der Waals surface area contributed by atoms with E-state index >= 15 is 0 Å². The zero-order chi connectivity index (χ0) is 9.78. The van der Waals surface area contributed by atoms with Crippen LogP contribution in [0.3, 0.4) is 0 Å². The summed E-state index contributed by atoms with van der Waals surface area (Å²) in [6, 6.07) is 0. The molecule has 0 heterocycles. The Hall–Kier alpha value is -0.860. The van der Waals surface area contributed by atoms with Crippen LogP contribution in [0.25, 0.3) is 0 Å². The summed E-state index contributed by atoms with van der Waals surface area (Å²) in [5.74, 6) is -0.724. The second-order valence-corrected chi connectivity index (χ2v) is 3.81. The Morgan fingerprint density at radius 3 is 2.33 bits per heavy atom. The normalized spacial score (nSPS) is 13.7. The summed E-state index contributed by atoms with van der Waals surface area (Å²) in [5.41, 5.74) is -0.473. The standard InChI is InChI=1S/C9H15O3/c1-7(6-10)5-8(11)12-9(2,3)4/h7H,5H2,1-4H3. The lowest BCUT2D eigenvalue weighted by atomic mass is 10.1. The van der Waals surface area contributed by atoms with E-state index in [0.29, 0.717) is 0 Å². The molecule has 0 aliphatic rings. The fourth-order valence-electron chi connectivity index (χ4n) is 0.675. The van der Waals surface area contributed by atoms with Crippen molar-refractivity contribution in [3.05, 3.63) is 0 Å². The Labute approximate surface area is 73.1 Å². The van der Waals surface area contributed by atoms with Gasteiger partial charge in [-0.2, -0.15) is 0 Å². The van der Waals surface area contributed by atoms with Gasteiger partial charge in [-0.15, -0.1) is 0 Å². The van der Waals surface area contributed by atoms with Crippen molar-refractivity contribution in [2.45, 2.75) is 39.7 Å². The van der Waals surface area contributed by atoms with Gasteiger partial charge in [0.25, 0.3) is 0 Å². The van der Waals surface area contributed by atoms with Crippen LogP contribution in [0.4, 0.5) is 0 Å². The molecule has 0 fully saturated rings. The van der Waals surface area contributed by atoms with Crippen LogP contribution >= 0.6 is 0 Å². The quantitative estimate of drug-likeness (QED) is 0.604. The summed E-state index contributed by atoms with van der Waals surface area (Å²) >= 11 is 0. The van der Waals surface area contributed by atoms with E-state index in [4.69, 9.17) is 4.74 Å². The molecule has 0 amide bonds. The minimum Gasteiger partial charge on any atom is -0.460 e. The predicted molar refractivity (Wildman–Crippen MR) is 45.3 cm³/mol. The summed E-state index contributed by atoms with van der Waals surface area (Å²) < 4.78 is 4.99. The summed E-state index contributed by atoms with van der Waals surface area (Å²) in [6.07, 6.45) is 1.84. The first kappa shape index (κ1) is 11.1. The van der Waals surface area contributed by atoms with Crippen LogP contribution in [0.1, 0.15) is 34.1 Å². The van der Waals surface area contributed by atoms with E-state index in [1.807, 2.05) is 0 Å². The molecule has 0 rings (SSSR count). The first-order chi connectivity index (χ1) is 5.35. The van der Waals surface area contributed by atoms with E-state index < -0.39 is 5.60 Å². The zero-order valence-corrected chi connectivity index (χ0v) is 8.01. The maximum atomic E-state index is 11.0. The van der Waals surface area contributed by atoms with Gasteiger partial charge in [-0.3, -0.25) is 9.59 Å². The number of rotatable bonds is 3. The molecule has 3 heteroatoms. The van der Waals surface area contributed by atoms with Crippen molar-refractivity contribution in [1.29, 1.82) is 0 Å². The van der Waals surface area contributed by atoms with Crippen molar-refractivity contribution in [2.75, 3.05) is 0 Å². The molecule has 1 atom stereocenters. The smallest absolute Gasteiger partial charge is 0.307 e. The molecule has 0 aliphatic heterocycles. The molecule has 3 nitrogen and oxygen atoms in total. The Balaban J connectivity index is 3.82. The molecule has 12 heavy (non-hydrogen) atoms. The largest absolute Gasteiger partial charge is 0.460 e. The van der Waals surface area contributed by atoms with E-state index in [1.54, 1.807) is 34.0 Å². The van der Waals surface area contributed by atoms with Gasteiger partial charge < -0.3 is 4.74 Å². The third-order valence-electron chi connectivity index (χ3n) is 1.09. The monoisotopic (exact) mass is 171 g/mol. The van der Waals surface area contributed by atoms with Crippen molar-refractivity contribution in [3.8, 4) is 0 Å². The molecule has 0 saturated carbocycles. The summed E-state index contributed by atoms with van der Waals surface area (Å²) in [4.78, 5) is 21.1. The van der Waals surface area contributed by atoms with E-state index in [1.165, 1.54) is 0 Å². The molecule has 0 spiro atoms. The van der Waals surface area contributed by atoms with Gasteiger partial charge in [0.2, 0.25) is 6.29 Å². The molecule has 1 unspecified atom stereocenters. The molecular weight excluding hydrogens is 156 g/mol. The van der Waals surface area contributed by atoms with Crippen molar-refractivity contribution in [1.82, 2.24) is 0 Å². The third kappa shape index (κ3) is 5.89. The molecule has 69 valence electrons. The Bertz CT molecular complexity index is 167. The summed E-state index contributed by atoms with van der Waals surface area (Å²) in [5, 5.41) is 0. The third-order valence-corrected chi connectivity index (χ3v) is 1.09. The molecule has 0 N–H and O–H groups in total. The highest BCUT2D eigenvalue weighted by atomic mass is 16.6. The van der Waals surface area contributed by atoms with Gasteiger partial charge in [0.15, 0.2) is 0 Å². The number of hydrogen-bond acceptors (Lipinski definition) is 3. The van der Waals surface area contributed by atoms with E-state index in [9.17, 15) is 9.59 Å². The number of carbonyl (C=O) groups is 1. The lowest BCUT2D eigenvalue weighted by molar-refractivity contribution is -0.155. The second-order valence-electron chi connectivity index (χ2n) is 3.81. The van der Waals surface area contributed by atoms with Crippen LogP contribution in [0, 0.1) is 5.92 Å². The number of carbonyl (C=O) groups excluding carboxylic acids is 2. The van der Waals surface area contributed by atoms with Crippen LogP contribution in [0.15, 0.2) is 0 Å². The SMILES string of the molecule is CC([C]=O)CC(=O)OC(C)(C)C. The van der Waals surface area contributed by atoms with E-state index in [2.05, 4.69) is 0 Å². The first-order valence-electron chi connectivity index (χ1n) is 3.94. The molecule has 0 aromatic rings. The topological polar surface area (TPSA) is 43.4 Å². The molecule has 1 radical (unpaired) electrons. The average molecular weight is 171 g/mol. The number of hydrogen-bond donors (Lipinski definition) is 0. The molecular formula is C9H15O3. The average Bonchev–Trinajstić information content (AvgIpc) is 1.82. The highest BCUT2D eigenvalue weighted by molar-refractivity contribution is 5.74. The summed E-state index contributed by atoms with van der Waals surface area (Å²) in [6.45, 7) is 7.01. The maximum Gasteiger partial charge on any atom is 0.307 e. The second kappa shape index (κ2) is 4.24. The molecule has 0 saturated heterocycles. The Morgan fingerprint density at radius 1 is 1.50 bits per heavy atom. The van der Waals surface area contributed by atoms with Gasteiger partial charge in [0.1, 0.15) is 5.60 Å². The van der Waals surface area contributed by atoms with Crippen molar-refractivity contribution < 1.29 is 14.3 Å². The predicted octanol–water partition coefficient (Wildman–Crippen LogP) is 1.46. The van der Waals surface area contributed by atoms with E-state index in [0.717, 1.165) is 0 Å². The molecule has 0 bridgehead atoms. The van der Waals surface area contributed by atoms with Crippen LogP contribution in [0.5, 0.6) is 0 Å². The highest BCUT2D eigenvalue weighted by Gasteiger charge is 2.18. The van der Waals surface area contributed by atoms with Gasteiger partial charge in [-0.25, -0.2) is 0 Å². The first-order valence-corrected chi connectivity index (χ1v) is 3.94. The van der Waals surface area contributed by atoms with Gasteiger partial charge in [0.05, 0.1) is 6.42 Å². The van der Waals surface area contributed by atoms with Crippen LogP contribution < -0.4 is 0 Å². The van der Waals surface area contributed by atoms with Gasteiger partial charge in [-0.05, 0) is 20.8 Å². The van der Waals surface area contributed by atoms with Gasteiger partial charge in [-0.1, -0.05) is 6.92 Å². The maximum absolute atomic E-state index is 11.0. The lowest BCUT2D eigenvalue weighted by Gasteiger charge is -2.19. The summed E-state index contributed by atoms with van der Waals surface area (Å²) in [7, 11) is 0. The van der Waals surface area contributed by atoms with Crippen molar-refractivity contribution in [3.63, 3.8) is 0 Å². The fraction of sp³-hybridized carbons (Fsp3) is 0.778. The minimum atomic E-state index is -0.473. The van der Waals surface area contributed by atoms with Crippen molar-refractivity contribution in [2.24, 2.45) is 5.92 Å². The number of ether oxygens (including phenoxy) is 1. The van der Waals surface area contributed by atoms with Crippen molar-refractivity contribution >= 4 is 12.3 Å². The molecule has 0 aliphatic carbocycles. The Kier molecular flexibility index (Phi) is 3.93. The molecule has 0 aromatic heterocycles. The highest BCUT2D eigenvalue weighted by Crippen LogP contribution is 2.10. The van der Waals surface area contributed by atoms with Crippen LogP contribution in [-0.4, -0.2) is 17.9 Å².